The Labute approximate surface area is 122 Å². The summed E-state index contributed by atoms with van der Waals surface area (Å²) >= 11 is 0. The average molecular weight is 271 g/mol. The predicted octanol–water partition coefficient (Wildman–Crippen LogP) is 3.63. The quantitative estimate of drug-likeness (QED) is 0.779. The number of aromatic nitrogens is 2. The topological polar surface area (TPSA) is 29.9 Å². The average Bonchev–Trinajstić information content (AvgIpc) is 2.91. The van der Waals surface area contributed by atoms with E-state index >= 15 is 0 Å². The zero-order valence-corrected chi connectivity index (χ0v) is 12.8. The molecule has 0 radical (unpaired) electrons. The first-order valence-corrected chi connectivity index (χ1v) is 7.43. The number of unbranched alkanes of at least 4 members (excludes halogenated alkanes) is 1. The highest BCUT2D eigenvalue weighted by Gasteiger charge is 2.07. The Balaban J connectivity index is 1.70. The molecule has 1 unspecified atom stereocenters. The van der Waals surface area contributed by atoms with Crippen molar-refractivity contribution in [3.63, 3.8) is 0 Å². The summed E-state index contributed by atoms with van der Waals surface area (Å²) in [5.74, 6) is 0. The third-order valence-electron chi connectivity index (χ3n) is 3.74. The molecule has 2 rings (SSSR count). The fourth-order valence-electron chi connectivity index (χ4n) is 2.58. The first-order valence-electron chi connectivity index (χ1n) is 7.43. The molecule has 20 heavy (non-hydrogen) atoms. The molecular weight excluding hydrogens is 246 g/mol. The van der Waals surface area contributed by atoms with E-state index in [0.717, 1.165) is 13.1 Å². The van der Waals surface area contributed by atoms with Crippen LogP contribution in [-0.2, 0) is 6.54 Å². The van der Waals surface area contributed by atoms with Gasteiger partial charge in [0.1, 0.15) is 0 Å². The van der Waals surface area contributed by atoms with Crippen molar-refractivity contribution in [2.45, 2.75) is 46.2 Å². The van der Waals surface area contributed by atoms with Crippen LogP contribution in [0, 0.1) is 13.8 Å². The minimum absolute atomic E-state index is 0.420. The summed E-state index contributed by atoms with van der Waals surface area (Å²) in [5.41, 5.74) is 4.12. The van der Waals surface area contributed by atoms with Gasteiger partial charge in [0.15, 0.2) is 0 Å². The lowest BCUT2D eigenvalue weighted by molar-refractivity contribution is 0.522. The van der Waals surface area contributed by atoms with E-state index in [1.165, 1.54) is 29.5 Å². The monoisotopic (exact) mass is 271 g/mol. The fraction of sp³-hybridized carbons (Fsp3) is 0.471. The van der Waals surface area contributed by atoms with Crippen molar-refractivity contribution in [1.82, 2.24) is 14.9 Å². The van der Waals surface area contributed by atoms with Crippen LogP contribution in [0.3, 0.4) is 0 Å². The number of aryl methyl sites for hydroxylation is 3. The van der Waals surface area contributed by atoms with Crippen molar-refractivity contribution >= 4 is 0 Å². The highest BCUT2D eigenvalue weighted by Crippen LogP contribution is 2.18. The largest absolute Gasteiger partial charge is 0.337 e. The molecule has 1 aromatic heterocycles. The Morgan fingerprint density at radius 1 is 1.25 bits per heavy atom. The van der Waals surface area contributed by atoms with Crippen LogP contribution < -0.4 is 5.32 Å². The zero-order valence-electron chi connectivity index (χ0n) is 12.8. The summed E-state index contributed by atoms with van der Waals surface area (Å²) in [6.07, 6.45) is 8.11. The lowest BCUT2D eigenvalue weighted by Gasteiger charge is -2.17. The highest BCUT2D eigenvalue weighted by atomic mass is 15.0. The molecule has 0 aliphatic carbocycles. The number of rotatable bonds is 7. The van der Waals surface area contributed by atoms with Gasteiger partial charge in [-0.05, 0) is 51.3 Å². The lowest BCUT2D eigenvalue weighted by Crippen LogP contribution is -2.20. The smallest absolute Gasteiger partial charge is 0.0945 e. The van der Waals surface area contributed by atoms with Gasteiger partial charge in [0.25, 0.3) is 0 Å². The van der Waals surface area contributed by atoms with E-state index in [4.69, 9.17) is 0 Å². The van der Waals surface area contributed by atoms with Crippen LogP contribution in [0.1, 0.15) is 42.5 Å². The van der Waals surface area contributed by atoms with E-state index in [-0.39, 0.29) is 0 Å². The van der Waals surface area contributed by atoms with Gasteiger partial charge in [-0.2, -0.15) is 0 Å². The third-order valence-corrected chi connectivity index (χ3v) is 3.74. The summed E-state index contributed by atoms with van der Waals surface area (Å²) in [6.45, 7) is 8.70. The molecule has 0 aliphatic rings. The molecule has 0 bridgehead atoms. The maximum Gasteiger partial charge on any atom is 0.0945 e. The Morgan fingerprint density at radius 3 is 2.80 bits per heavy atom. The Bertz CT molecular complexity index is 517. The number of nitrogens with one attached hydrogen (secondary N) is 1. The fourth-order valence-corrected chi connectivity index (χ4v) is 2.58. The molecule has 1 atom stereocenters. The molecule has 1 N–H and O–H groups in total. The highest BCUT2D eigenvalue weighted by molar-refractivity contribution is 5.32. The molecule has 3 heteroatoms. The van der Waals surface area contributed by atoms with Gasteiger partial charge in [0.05, 0.1) is 6.33 Å². The van der Waals surface area contributed by atoms with Gasteiger partial charge in [-0.1, -0.05) is 23.8 Å². The van der Waals surface area contributed by atoms with Crippen molar-refractivity contribution in [2.24, 2.45) is 0 Å². The minimum atomic E-state index is 0.420. The molecule has 2 aromatic rings. The molecular formula is C17H25N3. The van der Waals surface area contributed by atoms with E-state index in [0.29, 0.717) is 6.04 Å². The van der Waals surface area contributed by atoms with Gasteiger partial charge < -0.3 is 9.88 Å². The molecule has 108 valence electrons. The van der Waals surface area contributed by atoms with Crippen LogP contribution in [0.2, 0.25) is 0 Å². The van der Waals surface area contributed by atoms with Crippen LogP contribution in [0.15, 0.2) is 36.9 Å². The van der Waals surface area contributed by atoms with E-state index in [2.05, 4.69) is 53.8 Å². The maximum absolute atomic E-state index is 4.05. The number of imidazole rings is 1. The Morgan fingerprint density at radius 2 is 2.10 bits per heavy atom. The van der Waals surface area contributed by atoms with Crippen molar-refractivity contribution < 1.29 is 0 Å². The van der Waals surface area contributed by atoms with Gasteiger partial charge in [-0.15, -0.1) is 0 Å². The molecule has 1 heterocycles. The summed E-state index contributed by atoms with van der Waals surface area (Å²) in [7, 11) is 0. The van der Waals surface area contributed by atoms with E-state index in [9.17, 15) is 0 Å². The van der Waals surface area contributed by atoms with Crippen molar-refractivity contribution in [3.05, 3.63) is 53.6 Å². The molecule has 0 spiro atoms. The zero-order chi connectivity index (χ0) is 14.4. The number of hydrogen-bond donors (Lipinski definition) is 1. The van der Waals surface area contributed by atoms with Crippen molar-refractivity contribution in [3.8, 4) is 0 Å². The van der Waals surface area contributed by atoms with Crippen LogP contribution >= 0.6 is 0 Å². The Hall–Kier alpha value is -1.61. The summed E-state index contributed by atoms with van der Waals surface area (Å²) < 4.78 is 2.13. The van der Waals surface area contributed by atoms with Gasteiger partial charge in [-0.3, -0.25) is 0 Å². The van der Waals surface area contributed by atoms with Crippen molar-refractivity contribution in [2.75, 3.05) is 6.54 Å². The molecule has 0 amide bonds. The third kappa shape index (κ3) is 4.20. The second-order valence-electron chi connectivity index (χ2n) is 5.54. The summed E-state index contributed by atoms with van der Waals surface area (Å²) in [5, 5.41) is 3.61. The first kappa shape index (κ1) is 14.8. The van der Waals surface area contributed by atoms with E-state index in [1.807, 2.05) is 18.7 Å². The first-order chi connectivity index (χ1) is 9.66. The second kappa shape index (κ2) is 7.25. The molecule has 0 aliphatic heterocycles. The number of benzene rings is 1. The van der Waals surface area contributed by atoms with Crippen molar-refractivity contribution in [1.29, 1.82) is 0 Å². The summed E-state index contributed by atoms with van der Waals surface area (Å²) in [4.78, 5) is 4.05. The molecule has 3 nitrogen and oxygen atoms in total. The van der Waals surface area contributed by atoms with Gasteiger partial charge >= 0.3 is 0 Å². The normalized spacial score (nSPS) is 12.6. The number of hydrogen-bond acceptors (Lipinski definition) is 2. The number of nitrogens with zero attached hydrogens (tertiary/aromatic N) is 2. The SMILES string of the molecule is Cc1ccc(C(C)NCCCCn2ccnc2)c(C)c1. The van der Waals surface area contributed by atoms with Crippen LogP contribution in [0.5, 0.6) is 0 Å². The van der Waals surface area contributed by atoms with Crippen LogP contribution in [0.25, 0.3) is 0 Å². The molecule has 0 saturated heterocycles. The van der Waals surface area contributed by atoms with E-state index < -0.39 is 0 Å². The Kier molecular flexibility index (Phi) is 5.36. The van der Waals surface area contributed by atoms with Gasteiger partial charge in [0, 0.05) is 25.0 Å². The predicted molar refractivity (Wildman–Crippen MR) is 83.8 cm³/mol. The molecule has 0 saturated carbocycles. The standard InChI is InChI=1S/C17H25N3/c1-14-6-7-17(15(2)12-14)16(3)19-8-4-5-10-20-11-9-18-13-20/h6-7,9,11-13,16,19H,4-5,8,10H2,1-3H3. The molecule has 1 aromatic carbocycles. The molecule has 0 fully saturated rings. The minimum Gasteiger partial charge on any atom is -0.337 e. The van der Waals surface area contributed by atoms with Crippen LogP contribution in [0.4, 0.5) is 0 Å². The van der Waals surface area contributed by atoms with Gasteiger partial charge in [-0.25, -0.2) is 4.98 Å². The lowest BCUT2D eigenvalue weighted by atomic mass is 10.0. The maximum atomic E-state index is 4.05. The summed E-state index contributed by atoms with van der Waals surface area (Å²) in [6, 6.07) is 7.11. The van der Waals surface area contributed by atoms with E-state index in [1.54, 1.807) is 0 Å². The van der Waals surface area contributed by atoms with Crippen LogP contribution in [-0.4, -0.2) is 16.1 Å². The second-order valence-corrected chi connectivity index (χ2v) is 5.54. The van der Waals surface area contributed by atoms with Gasteiger partial charge in [0.2, 0.25) is 0 Å².